The largest absolute Gasteiger partial charge is 0.389 e. The van der Waals surface area contributed by atoms with Crippen LogP contribution in [0.3, 0.4) is 0 Å². The summed E-state index contributed by atoms with van der Waals surface area (Å²) in [4.78, 5) is 0. The maximum Gasteiger partial charge on any atom is 0.0758 e. The molecular formula is C21H35NO. The van der Waals surface area contributed by atoms with Gasteiger partial charge in [-0.1, -0.05) is 19.9 Å². The SMILES string of the molecule is C/C=C1/[C@H](O)C[C@H]2[C@@H]3CCC4C[C@@H](N)CC[C@]4(C)[C@H]3CC[C@]12C. The Labute approximate surface area is 141 Å². The van der Waals surface area contributed by atoms with Gasteiger partial charge in [-0.15, -0.1) is 0 Å². The lowest BCUT2D eigenvalue weighted by Crippen LogP contribution is -2.54. The fourth-order valence-corrected chi connectivity index (χ4v) is 7.67. The summed E-state index contributed by atoms with van der Waals surface area (Å²) in [7, 11) is 0. The van der Waals surface area contributed by atoms with E-state index in [1.165, 1.54) is 50.5 Å². The summed E-state index contributed by atoms with van der Waals surface area (Å²) < 4.78 is 0. The monoisotopic (exact) mass is 317 g/mol. The van der Waals surface area contributed by atoms with E-state index in [4.69, 9.17) is 5.73 Å². The first-order chi connectivity index (χ1) is 10.9. The molecular weight excluding hydrogens is 282 g/mol. The number of fused-ring (bicyclic) bond motifs is 5. The normalized spacial score (nSPS) is 57.7. The van der Waals surface area contributed by atoms with E-state index in [1.54, 1.807) is 0 Å². The first kappa shape index (κ1) is 16.1. The summed E-state index contributed by atoms with van der Waals surface area (Å²) in [6.07, 6.45) is 12.3. The maximum absolute atomic E-state index is 10.6. The molecule has 0 saturated heterocycles. The van der Waals surface area contributed by atoms with Crippen LogP contribution < -0.4 is 5.73 Å². The molecule has 0 amide bonds. The molecule has 0 heterocycles. The van der Waals surface area contributed by atoms with Gasteiger partial charge < -0.3 is 10.8 Å². The Morgan fingerprint density at radius 2 is 1.83 bits per heavy atom. The predicted octanol–water partition coefficient (Wildman–Crippen LogP) is 4.27. The summed E-state index contributed by atoms with van der Waals surface area (Å²) in [5.74, 6) is 3.26. The Bertz CT molecular complexity index is 514. The molecule has 130 valence electrons. The molecule has 4 aliphatic carbocycles. The molecule has 0 aliphatic heterocycles. The van der Waals surface area contributed by atoms with E-state index in [0.717, 1.165) is 24.2 Å². The minimum Gasteiger partial charge on any atom is -0.389 e. The molecule has 0 aromatic heterocycles. The van der Waals surface area contributed by atoms with Crippen molar-refractivity contribution in [3.8, 4) is 0 Å². The number of hydrogen-bond acceptors (Lipinski definition) is 2. The van der Waals surface area contributed by atoms with Gasteiger partial charge in [0.15, 0.2) is 0 Å². The third kappa shape index (κ3) is 2.13. The second kappa shape index (κ2) is 5.33. The Balaban J connectivity index is 1.65. The van der Waals surface area contributed by atoms with E-state index in [0.29, 0.717) is 17.4 Å². The van der Waals surface area contributed by atoms with E-state index in [-0.39, 0.29) is 11.5 Å². The lowest BCUT2D eigenvalue weighted by Gasteiger charge is -2.60. The Hall–Kier alpha value is -0.340. The number of aliphatic hydroxyl groups is 1. The van der Waals surface area contributed by atoms with Gasteiger partial charge >= 0.3 is 0 Å². The predicted molar refractivity (Wildman–Crippen MR) is 94.8 cm³/mol. The van der Waals surface area contributed by atoms with Crippen molar-refractivity contribution < 1.29 is 5.11 Å². The molecule has 1 unspecified atom stereocenters. The average Bonchev–Trinajstić information content (AvgIpc) is 2.77. The highest BCUT2D eigenvalue weighted by Crippen LogP contribution is 2.67. The van der Waals surface area contributed by atoms with Gasteiger partial charge in [-0.3, -0.25) is 0 Å². The average molecular weight is 318 g/mol. The van der Waals surface area contributed by atoms with Gasteiger partial charge in [0, 0.05) is 6.04 Å². The fourth-order valence-electron chi connectivity index (χ4n) is 7.67. The van der Waals surface area contributed by atoms with E-state index < -0.39 is 0 Å². The van der Waals surface area contributed by atoms with Crippen LogP contribution in [0.1, 0.15) is 72.1 Å². The molecule has 0 radical (unpaired) electrons. The van der Waals surface area contributed by atoms with Gasteiger partial charge in [0.05, 0.1) is 6.10 Å². The van der Waals surface area contributed by atoms with Crippen LogP contribution in [0.25, 0.3) is 0 Å². The lowest BCUT2D eigenvalue weighted by molar-refractivity contribution is -0.100. The quantitative estimate of drug-likeness (QED) is 0.655. The van der Waals surface area contributed by atoms with Crippen LogP contribution in [0.5, 0.6) is 0 Å². The van der Waals surface area contributed by atoms with Crippen molar-refractivity contribution in [3.63, 3.8) is 0 Å². The molecule has 0 aromatic rings. The van der Waals surface area contributed by atoms with E-state index in [2.05, 4.69) is 26.8 Å². The number of nitrogens with two attached hydrogens (primary N) is 1. The third-order valence-corrected chi connectivity index (χ3v) is 8.90. The number of allylic oxidation sites excluding steroid dienone is 1. The summed E-state index contributed by atoms with van der Waals surface area (Å²) >= 11 is 0. The Kier molecular flexibility index (Phi) is 3.74. The minimum atomic E-state index is -0.181. The van der Waals surface area contributed by atoms with Crippen molar-refractivity contribution in [1.29, 1.82) is 0 Å². The van der Waals surface area contributed by atoms with E-state index >= 15 is 0 Å². The first-order valence-electron chi connectivity index (χ1n) is 10.0. The highest BCUT2D eigenvalue weighted by atomic mass is 16.3. The van der Waals surface area contributed by atoms with Gasteiger partial charge in [-0.2, -0.15) is 0 Å². The maximum atomic E-state index is 10.6. The van der Waals surface area contributed by atoms with Gasteiger partial charge in [0.1, 0.15) is 0 Å². The Morgan fingerprint density at radius 1 is 1.04 bits per heavy atom. The van der Waals surface area contributed by atoms with Crippen molar-refractivity contribution in [3.05, 3.63) is 11.6 Å². The van der Waals surface area contributed by atoms with Gasteiger partial charge in [0.25, 0.3) is 0 Å². The number of rotatable bonds is 0. The van der Waals surface area contributed by atoms with Crippen LogP contribution in [0.4, 0.5) is 0 Å². The number of aliphatic hydroxyl groups excluding tert-OH is 1. The van der Waals surface area contributed by atoms with Crippen LogP contribution in [0.2, 0.25) is 0 Å². The zero-order valence-electron chi connectivity index (χ0n) is 15.2. The van der Waals surface area contributed by atoms with E-state index in [1.807, 2.05) is 0 Å². The fraction of sp³-hybridized carbons (Fsp3) is 0.905. The van der Waals surface area contributed by atoms with Crippen molar-refractivity contribution in [1.82, 2.24) is 0 Å². The second-order valence-electron chi connectivity index (χ2n) is 9.64. The Morgan fingerprint density at radius 3 is 2.57 bits per heavy atom. The molecule has 0 aromatic carbocycles. The highest BCUT2D eigenvalue weighted by Gasteiger charge is 2.60. The van der Waals surface area contributed by atoms with Crippen LogP contribution in [0, 0.1) is 34.5 Å². The molecule has 0 bridgehead atoms. The van der Waals surface area contributed by atoms with Crippen LogP contribution in [0.15, 0.2) is 11.6 Å². The third-order valence-electron chi connectivity index (χ3n) is 8.90. The zero-order valence-corrected chi connectivity index (χ0v) is 15.2. The van der Waals surface area contributed by atoms with Crippen LogP contribution >= 0.6 is 0 Å². The first-order valence-corrected chi connectivity index (χ1v) is 10.0. The summed E-state index contributed by atoms with van der Waals surface area (Å²) in [5, 5.41) is 10.6. The van der Waals surface area contributed by atoms with Gasteiger partial charge in [0.2, 0.25) is 0 Å². The summed E-state index contributed by atoms with van der Waals surface area (Å²) in [6.45, 7) is 7.16. The molecule has 2 heteroatoms. The minimum absolute atomic E-state index is 0.181. The molecule has 2 nitrogen and oxygen atoms in total. The number of hydrogen-bond donors (Lipinski definition) is 2. The topological polar surface area (TPSA) is 46.2 Å². The highest BCUT2D eigenvalue weighted by molar-refractivity contribution is 5.27. The standard InChI is InChI=1S/C21H35NO/c1-4-16-19(23)12-18-15-6-5-13-11-14(22)7-9-20(13,2)17(15)8-10-21(16,18)3/h4,13-15,17-19,23H,5-12,22H2,1-3H3/b16-4-/t13?,14-,15+,17-,18-,19+,20-,21+/m0/s1. The summed E-state index contributed by atoms with van der Waals surface area (Å²) in [5.41, 5.74) is 8.42. The molecule has 8 atom stereocenters. The molecule has 4 aliphatic rings. The second-order valence-corrected chi connectivity index (χ2v) is 9.64. The van der Waals surface area contributed by atoms with Crippen molar-refractivity contribution in [2.24, 2.45) is 40.2 Å². The zero-order chi connectivity index (χ0) is 16.4. The molecule has 4 fully saturated rings. The van der Waals surface area contributed by atoms with Crippen LogP contribution in [-0.4, -0.2) is 17.3 Å². The summed E-state index contributed by atoms with van der Waals surface area (Å²) in [6, 6.07) is 0.446. The van der Waals surface area contributed by atoms with Crippen molar-refractivity contribution >= 4 is 0 Å². The van der Waals surface area contributed by atoms with Gasteiger partial charge in [-0.25, -0.2) is 0 Å². The molecule has 4 saturated carbocycles. The molecule has 3 N–H and O–H groups in total. The van der Waals surface area contributed by atoms with E-state index in [9.17, 15) is 5.11 Å². The lowest BCUT2D eigenvalue weighted by atomic mass is 9.45. The molecule has 0 spiro atoms. The molecule has 23 heavy (non-hydrogen) atoms. The van der Waals surface area contributed by atoms with Crippen molar-refractivity contribution in [2.75, 3.05) is 0 Å². The van der Waals surface area contributed by atoms with Crippen molar-refractivity contribution in [2.45, 2.75) is 84.3 Å². The molecule has 4 rings (SSSR count). The van der Waals surface area contributed by atoms with Crippen LogP contribution in [-0.2, 0) is 0 Å². The smallest absolute Gasteiger partial charge is 0.0758 e. The van der Waals surface area contributed by atoms with Gasteiger partial charge in [-0.05, 0) is 98.4 Å².